The standard InChI is InChI=1S/C16H32N4O4/c1-23-15(21)3-6-18(7-4-16(22)24-2)9-12-20-13-10-19(8-5-17)11-14-20/h3-14,17H2,1-2H3. The molecular formula is C16H32N4O4. The van der Waals surface area contributed by atoms with Gasteiger partial charge in [-0.1, -0.05) is 0 Å². The van der Waals surface area contributed by atoms with Crippen LogP contribution in [0.5, 0.6) is 0 Å². The van der Waals surface area contributed by atoms with Crippen LogP contribution in [0.2, 0.25) is 0 Å². The average Bonchev–Trinajstić information content (AvgIpc) is 2.61. The number of piperazine rings is 1. The summed E-state index contributed by atoms with van der Waals surface area (Å²) >= 11 is 0. The topological polar surface area (TPSA) is 88.3 Å². The maximum absolute atomic E-state index is 11.3. The molecule has 0 atom stereocenters. The summed E-state index contributed by atoms with van der Waals surface area (Å²) in [5.74, 6) is -0.457. The van der Waals surface area contributed by atoms with E-state index in [1.54, 1.807) is 0 Å². The van der Waals surface area contributed by atoms with Crippen LogP contribution < -0.4 is 5.73 Å². The van der Waals surface area contributed by atoms with Crippen molar-refractivity contribution in [3.05, 3.63) is 0 Å². The SMILES string of the molecule is COC(=O)CCN(CCC(=O)OC)CCN1CCN(CCN)CC1. The highest BCUT2D eigenvalue weighted by Crippen LogP contribution is 2.03. The van der Waals surface area contributed by atoms with Gasteiger partial charge in [0.25, 0.3) is 0 Å². The quantitative estimate of drug-likeness (QED) is 0.477. The summed E-state index contributed by atoms with van der Waals surface area (Å²) in [5, 5.41) is 0. The summed E-state index contributed by atoms with van der Waals surface area (Å²) in [6.07, 6.45) is 0.671. The normalized spacial score (nSPS) is 16.3. The molecule has 1 fully saturated rings. The van der Waals surface area contributed by atoms with Crippen LogP contribution in [0.1, 0.15) is 12.8 Å². The number of carbonyl (C=O) groups excluding carboxylic acids is 2. The highest BCUT2D eigenvalue weighted by molar-refractivity contribution is 5.70. The first-order valence-electron chi connectivity index (χ1n) is 8.59. The molecule has 24 heavy (non-hydrogen) atoms. The van der Waals surface area contributed by atoms with Gasteiger partial charge < -0.3 is 20.1 Å². The second-order valence-corrected chi connectivity index (χ2v) is 5.97. The Morgan fingerprint density at radius 2 is 1.33 bits per heavy atom. The van der Waals surface area contributed by atoms with Gasteiger partial charge in [-0.3, -0.25) is 19.4 Å². The fourth-order valence-electron chi connectivity index (χ4n) is 2.74. The first kappa shape index (κ1) is 20.8. The van der Waals surface area contributed by atoms with Gasteiger partial charge in [-0.15, -0.1) is 0 Å². The molecule has 0 aliphatic carbocycles. The summed E-state index contributed by atoms with van der Waals surface area (Å²) in [6.45, 7) is 8.75. The maximum atomic E-state index is 11.3. The van der Waals surface area contributed by atoms with Crippen LogP contribution in [0.4, 0.5) is 0 Å². The van der Waals surface area contributed by atoms with E-state index in [0.717, 1.165) is 45.8 Å². The molecule has 1 aliphatic heterocycles. The zero-order valence-corrected chi connectivity index (χ0v) is 15.0. The lowest BCUT2D eigenvalue weighted by Gasteiger charge is -2.35. The number of methoxy groups -OCH3 is 2. The van der Waals surface area contributed by atoms with E-state index >= 15 is 0 Å². The molecule has 140 valence electrons. The number of esters is 2. The van der Waals surface area contributed by atoms with E-state index in [0.29, 0.717) is 32.5 Å². The number of ether oxygens (including phenoxy) is 2. The van der Waals surface area contributed by atoms with Gasteiger partial charge in [0.2, 0.25) is 0 Å². The molecule has 2 N–H and O–H groups in total. The molecule has 1 aliphatic rings. The third kappa shape index (κ3) is 8.58. The van der Waals surface area contributed by atoms with Gasteiger partial charge in [-0.2, -0.15) is 0 Å². The van der Waals surface area contributed by atoms with Gasteiger partial charge in [0.05, 0.1) is 27.1 Å². The van der Waals surface area contributed by atoms with Gasteiger partial charge in [0.15, 0.2) is 0 Å². The van der Waals surface area contributed by atoms with Crippen LogP contribution in [0, 0.1) is 0 Å². The second kappa shape index (κ2) is 12.2. The Hall–Kier alpha value is -1.22. The van der Waals surface area contributed by atoms with Crippen molar-refractivity contribution in [2.24, 2.45) is 5.73 Å². The van der Waals surface area contributed by atoms with Gasteiger partial charge in [0.1, 0.15) is 0 Å². The lowest BCUT2D eigenvalue weighted by atomic mass is 10.3. The van der Waals surface area contributed by atoms with E-state index in [4.69, 9.17) is 15.2 Å². The zero-order chi connectivity index (χ0) is 17.8. The zero-order valence-electron chi connectivity index (χ0n) is 15.0. The van der Waals surface area contributed by atoms with Crippen molar-refractivity contribution in [2.75, 3.05) is 79.7 Å². The van der Waals surface area contributed by atoms with E-state index in [-0.39, 0.29) is 11.9 Å². The summed E-state index contributed by atoms with van der Waals surface area (Å²) in [7, 11) is 2.78. The first-order chi connectivity index (χ1) is 11.6. The molecule has 8 nitrogen and oxygen atoms in total. The number of hydrogen-bond donors (Lipinski definition) is 1. The van der Waals surface area contributed by atoms with E-state index in [1.165, 1.54) is 14.2 Å². The smallest absolute Gasteiger partial charge is 0.306 e. The van der Waals surface area contributed by atoms with Gasteiger partial charge in [0, 0.05) is 65.4 Å². The third-order valence-corrected chi connectivity index (χ3v) is 4.36. The van der Waals surface area contributed by atoms with Crippen molar-refractivity contribution < 1.29 is 19.1 Å². The Morgan fingerprint density at radius 3 is 1.75 bits per heavy atom. The van der Waals surface area contributed by atoms with Crippen LogP contribution in [-0.4, -0.2) is 106 Å². The third-order valence-electron chi connectivity index (χ3n) is 4.36. The molecule has 0 amide bonds. The summed E-state index contributed by atoms with van der Waals surface area (Å²) in [4.78, 5) is 29.6. The van der Waals surface area contributed by atoms with Crippen molar-refractivity contribution in [3.8, 4) is 0 Å². The van der Waals surface area contributed by atoms with Crippen molar-refractivity contribution in [1.82, 2.24) is 14.7 Å². The minimum Gasteiger partial charge on any atom is -0.469 e. The minimum atomic E-state index is -0.228. The minimum absolute atomic E-state index is 0.228. The highest BCUT2D eigenvalue weighted by Gasteiger charge is 2.17. The van der Waals surface area contributed by atoms with Crippen molar-refractivity contribution in [2.45, 2.75) is 12.8 Å². The molecule has 1 saturated heterocycles. The average molecular weight is 344 g/mol. The maximum Gasteiger partial charge on any atom is 0.306 e. The molecule has 0 radical (unpaired) electrons. The Kier molecular flexibility index (Phi) is 10.6. The summed E-state index contributed by atoms with van der Waals surface area (Å²) in [5.41, 5.74) is 5.59. The largest absolute Gasteiger partial charge is 0.469 e. The Morgan fingerprint density at radius 1 is 0.875 bits per heavy atom. The first-order valence-corrected chi connectivity index (χ1v) is 8.59. The summed E-state index contributed by atoms with van der Waals surface area (Å²) < 4.78 is 9.39. The van der Waals surface area contributed by atoms with Crippen LogP contribution in [0.25, 0.3) is 0 Å². The Labute approximate surface area is 144 Å². The molecule has 1 rings (SSSR count). The fourth-order valence-corrected chi connectivity index (χ4v) is 2.74. The predicted molar refractivity (Wildman–Crippen MR) is 91.6 cm³/mol. The van der Waals surface area contributed by atoms with Gasteiger partial charge in [-0.25, -0.2) is 0 Å². The second-order valence-electron chi connectivity index (χ2n) is 5.97. The monoisotopic (exact) mass is 344 g/mol. The molecule has 1 heterocycles. The molecule has 0 spiro atoms. The van der Waals surface area contributed by atoms with Crippen LogP contribution in [0.15, 0.2) is 0 Å². The van der Waals surface area contributed by atoms with E-state index < -0.39 is 0 Å². The molecule has 0 saturated carbocycles. The molecular weight excluding hydrogens is 312 g/mol. The van der Waals surface area contributed by atoms with Gasteiger partial charge in [-0.05, 0) is 0 Å². The van der Waals surface area contributed by atoms with Gasteiger partial charge >= 0.3 is 11.9 Å². The van der Waals surface area contributed by atoms with Crippen LogP contribution in [-0.2, 0) is 19.1 Å². The Balaban J connectivity index is 2.34. The fraction of sp³-hybridized carbons (Fsp3) is 0.875. The van der Waals surface area contributed by atoms with Crippen LogP contribution in [0.3, 0.4) is 0 Å². The lowest BCUT2D eigenvalue weighted by Crippen LogP contribution is -2.49. The van der Waals surface area contributed by atoms with Crippen LogP contribution >= 0.6 is 0 Å². The number of nitrogens with zero attached hydrogens (tertiary/aromatic N) is 3. The van der Waals surface area contributed by atoms with Crippen molar-refractivity contribution in [1.29, 1.82) is 0 Å². The molecule has 0 aromatic carbocycles. The molecule has 0 aromatic rings. The van der Waals surface area contributed by atoms with E-state index in [9.17, 15) is 9.59 Å². The predicted octanol–water partition coefficient (Wildman–Crippen LogP) is -1.01. The number of rotatable bonds is 11. The van der Waals surface area contributed by atoms with Crippen molar-refractivity contribution in [3.63, 3.8) is 0 Å². The number of hydrogen-bond acceptors (Lipinski definition) is 8. The van der Waals surface area contributed by atoms with E-state index in [1.807, 2.05) is 0 Å². The Bertz CT molecular complexity index is 353. The molecule has 0 bridgehead atoms. The highest BCUT2D eigenvalue weighted by atomic mass is 16.5. The summed E-state index contributed by atoms with van der Waals surface area (Å²) in [6, 6.07) is 0. The number of nitrogens with two attached hydrogens (primary N) is 1. The number of carbonyl (C=O) groups is 2. The molecule has 0 aromatic heterocycles. The van der Waals surface area contributed by atoms with Crippen molar-refractivity contribution >= 4 is 11.9 Å². The molecule has 8 heteroatoms. The lowest BCUT2D eigenvalue weighted by molar-refractivity contribution is -0.141. The van der Waals surface area contributed by atoms with E-state index in [2.05, 4.69) is 14.7 Å². The molecule has 0 unspecified atom stereocenters.